The third kappa shape index (κ3) is 2.67. The fourth-order valence-corrected chi connectivity index (χ4v) is 1.83. The summed E-state index contributed by atoms with van der Waals surface area (Å²) in [6, 6.07) is 0.220. The predicted octanol–water partition coefficient (Wildman–Crippen LogP) is 1.52. The molecule has 0 aromatic carbocycles. The Bertz CT molecular complexity index is 507. The van der Waals surface area contributed by atoms with Gasteiger partial charge in [0.25, 0.3) is 0 Å². The minimum Gasteiger partial charge on any atom is -0.337 e. The zero-order valence-corrected chi connectivity index (χ0v) is 10.3. The Balaban J connectivity index is 1.93. The van der Waals surface area contributed by atoms with Gasteiger partial charge in [0.15, 0.2) is 0 Å². The van der Waals surface area contributed by atoms with Gasteiger partial charge in [-0.05, 0) is 20.3 Å². The Morgan fingerprint density at radius 2 is 2.06 bits per heavy atom. The van der Waals surface area contributed by atoms with E-state index in [-0.39, 0.29) is 11.7 Å². The van der Waals surface area contributed by atoms with Crippen molar-refractivity contribution in [3.05, 3.63) is 41.6 Å². The zero-order valence-electron chi connectivity index (χ0n) is 10.3. The van der Waals surface area contributed by atoms with Gasteiger partial charge in [-0.15, -0.1) is 0 Å². The lowest BCUT2D eigenvalue weighted by Gasteiger charge is -2.05. The standard InChI is InChI=1S/C12H18N4O/c1-11(2)16-9-8-15(12(16)17)6-3-5-14-7-4-13-10-14/h4,7-11H,3,5-6H2,1-2H3. The second kappa shape index (κ2) is 5.03. The molecule has 0 aliphatic carbocycles. The number of rotatable bonds is 5. The number of aryl methyl sites for hydroxylation is 2. The summed E-state index contributed by atoms with van der Waals surface area (Å²) < 4.78 is 5.53. The Morgan fingerprint density at radius 3 is 2.65 bits per heavy atom. The highest BCUT2D eigenvalue weighted by atomic mass is 16.1. The average Bonchev–Trinajstić information content (AvgIpc) is 2.89. The third-order valence-corrected chi connectivity index (χ3v) is 2.80. The Labute approximate surface area is 100 Å². The van der Waals surface area contributed by atoms with Gasteiger partial charge < -0.3 is 4.57 Å². The first kappa shape index (κ1) is 11.7. The molecule has 92 valence electrons. The number of aromatic nitrogens is 4. The van der Waals surface area contributed by atoms with Crippen molar-refractivity contribution in [3.8, 4) is 0 Å². The zero-order chi connectivity index (χ0) is 12.3. The minimum absolute atomic E-state index is 0.0747. The largest absolute Gasteiger partial charge is 0.337 e. The van der Waals surface area contributed by atoms with Crippen LogP contribution in [0, 0.1) is 0 Å². The summed E-state index contributed by atoms with van der Waals surface area (Å²) in [5.41, 5.74) is 0.0747. The fraction of sp³-hybridized carbons (Fsp3) is 0.500. The monoisotopic (exact) mass is 234 g/mol. The number of hydrogen-bond donors (Lipinski definition) is 0. The van der Waals surface area contributed by atoms with Gasteiger partial charge in [-0.25, -0.2) is 9.78 Å². The topological polar surface area (TPSA) is 44.8 Å². The van der Waals surface area contributed by atoms with Crippen molar-refractivity contribution in [3.63, 3.8) is 0 Å². The molecule has 2 heterocycles. The molecule has 17 heavy (non-hydrogen) atoms. The van der Waals surface area contributed by atoms with Crippen LogP contribution in [-0.2, 0) is 13.1 Å². The van der Waals surface area contributed by atoms with E-state index in [0.717, 1.165) is 19.5 Å². The van der Waals surface area contributed by atoms with Gasteiger partial charge in [-0.3, -0.25) is 9.13 Å². The molecular formula is C12H18N4O. The maximum atomic E-state index is 11.9. The lowest BCUT2D eigenvalue weighted by atomic mass is 10.4. The number of imidazole rings is 2. The lowest BCUT2D eigenvalue weighted by molar-refractivity contribution is 0.520. The van der Waals surface area contributed by atoms with Crippen molar-refractivity contribution >= 4 is 0 Å². The molecule has 0 aliphatic rings. The van der Waals surface area contributed by atoms with Gasteiger partial charge in [0, 0.05) is 43.9 Å². The molecule has 0 N–H and O–H groups in total. The van der Waals surface area contributed by atoms with Crippen LogP contribution in [0.25, 0.3) is 0 Å². The smallest absolute Gasteiger partial charge is 0.328 e. The van der Waals surface area contributed by atoms with Crippen molar-refractivity contribution in [2.24, 2.45) is 0 Å². The summed E-state index contributed by atoms with van der Waals surface area (Å²) >= 11 is 0. The van der Waals surface area contributed by atoms with E-state index in [1.165, 1.54) is 0 Å². The SMILES string of the molecule is CC(C)n1ccn(CCCn2ccnc2)c1=O. The van der Waals surface area contributed by atoms with Gasteiger partial charge in [0.05, 0.1) is 6.33 Å². The third-order valence-electron chi connectivity index (χ3n) is 2.80. The summed E-state index contributed by atoms with van der Waals surface area (Å²) in [6.07, 6.45) is 10.1. The number of nitrogens with zero attached hydrogens (tertiary/aromatic N) is 4. The first-order valence-electron chi connectivity index (χ1n) is 5.91. The minimum atomic E-state index is 0.0747. The normalized spacial score (nSPS) is 11.2. The van der Waals surface area contributed by atoms with E-state index >= 15 is 0 Å². The summed E-state index contributed by atoms with van der Waals surface area (Å²) in [7, 11) is 0. The first-order valence-corrected chi connectivity index (χ1v) is 5.91. The van der Waals surface area contributed by atoms with Gasteiger partial charge in [0.1, 0.15) is 0 Å². The Morgan fingerprint density at radius 1 is 1.24 bits per heavy atom. The molecule has 0 amide bonds. The van der Waals surface area contributed by atoms with Gasteiger partial charge in [-0.2, -0.15) is 0 Å². The van der Waals surface area contributed by atoms with Crippen LogP contribution in [0.2, 0.25) is 0 Å². The molecule has 2 aromatic heterocycles. The molecule has 0 radical (unpaired) electrons. The van der Waals surface area contributed by atoms with Gasteiger partial charge in [-0.1, -0.05) is 0 Å². The molecule has 0 unspecified atom stereocenters. The molecule has 0 saturated heterocycles. The molecule has 0 bridgehead atoms. The second-order valence-corrected chi connectivity index (χ2v) is 4.43. The van der Waals surface area contributed by atoms with Crippen LogP contribution < -0.4 is 5.69 Å². The highest BCUT2D eigenvalue weighted by Crippen LogP contribution is 2.00. The highest BCUT2D eigenvalue weighted by Gasteiger charge is 2.05. The lowest BCUT2D eigenvalue weighted by Crippen LogP contribution is -2.25. The molecule has 0 fully saturated rings. The van der Waals surface area contributed by atoms with Crippen LogP contribution in [0.15, 0.2) is 35.9 Å². The van der Waals surface area contributed by atoms with Crippen LogP contribution in [-0.4, -0.2) is 18.7 Å². The van der Waals surface area contributed by atoms with E-state index in [4.69, 9.17) is 0 Å². The van der Waals surface area contributed by atoms with E-state index in [1.54, 1.807) is 21.7 Å². The Hall–Kier alpha value is -1.78. The summed E-state index contributed by atoms with van der Waals surface area (Å²) in [5.74, 6) is 0. The molecule has 5 heteroatoms. The van der Waals surface area contributed by atoms with Crippen molar-refractivity contribution in [2.45, 2.75) is 39.4 Å². The van der Waals surface area contributed by atoms with E-state index < -0.39 is 0 Å². The predicted molar refractivity (Wildman–Crippen MR) is 65.9 cm³/mol. The van der Waals surface area contributed by atoms with E-state index in [9.17, 15) is 4.79 Å². The van der Waals surface area contributed by atoms with Crippen molar-refractivity contribution in [2.75, 3.05) is 0 Å². The molecule has 2 rings (SSSR count). The number of hydrogen-bond acceptors (Lipinski definition) is 2. The average molecular weight is 234 g/mol. The molecule has 0 aliphatic heterocycles. The summed E-state index contributed by atoms with van der Waals surface area (Å²) in [6.45, 7) is 5.66. The van der Waals surface area contributed by atoms with Crippen LogP contribution in [0.1, 0.15) is 26.3 Å². The molecule has 0 atom stereocenters. The van der Waals surface area contributed by atoms with E-state index in [1.807, 2.05) is 37.0 Å². The van der Waals surface area contributed by atoms with Crippen molar-refractivity contribution < 1.29 is 0 Å². The van der Waals surface area contributed by atoms with Gasteiger partial charge >= 0.3 is 5.69 Å². The first-order chi connectivity index (χ1) is 8.18. The fourth-order valence-electron chi connectivity index (χ4n) is 1.83. The maximum Gasteiger partial charge on any atom is 0.328 e. The molecule has 5 nitrogen and oxygen atoms in total. The molecule has 2 aromatic rings. The van der Waals surface area contributed by atoms with Crippen LogP contribution in [0.3, 0.4) is 0 Å². The molecule has 0 saturated carbocycles. The van der Waals surface area contributed by atoms with Crippen LogP contribution >= 0.6 is 0 Å². The van der Waals surface area contributed by atoms with Gasteiger partial charge in [0.2, 0.25) is 0 Å². The summed E-state index contributed by atoms with van der Waals surface area (Å²) in [4.78, 5) is 15.9. The highest BCUT2D eigenvalue weighted by molar-refractivity contribution is 4.83. The van der Waals surface area contributed by atoms with Crippen LogP contribution in [0.5, 0.6) is 0 Å². The van der Waals surface area contributed by atoms with Crippen molar-refractivity contribution in [1.82, 2.24) is 18.7 Å². The second-order valence-electron chi connectivity index (χ2n) is 4.43. The maximum absolute atomic E-state index is 11.9. The molecule has 0 spiro atoms. The van der Waals surface area contributed by atoms with Crippen molar-refractivity contribution in [1.29, 1.82) is 0 Å². The summed E-state index contributed by atoms with van der Waals surface area (Å²) in [5, 5.41) is 0. The quantitative estimate of drug-likeness (QED) is 0.787. The van der Waals surface area contributed by atoms with Crippen LogP contribution in [0.4, 0.5) is 0 Å². The molecular weight excluding hydrogens is 216 g/mol. The van der Waals surface area contributed by atoms with E-state index in [0.29, 0.717) is 0 Å². The Kier molecular flexibility index (Phi) is 3.46. The van der Waals surface area contributed by atoms with E-state index in [2.05, 4.69) is 4.98 Å².